The highest BCUT2D eigenvalue weighted by Crippen LogP contribution is 2.17. The van der Waals surface area contributed by atoms with Crippen molar-refractivity contribution in [1.29, 1.82) is 0 Å². The molecular weight excluding hydrogens is 262 g/mol. The van der Waals surface area contributed by atoms with Crippen molar-refractivity contribution in [3.05, 3.63) is 52.3 Å². The van der Waals surface area contributed by atoms with Gasteiger partial charge in [-0.1, -0.05) is 19.1 Å². The monoisotopic (exact) mass is 283 g/mol. The topological polar surface area (TPSA) is 46.9 Å². The molecule has 1 aliphatic rings. The molecule has 1 aromatic carbocycles. The summed E-state index contributed by atoms with van der Waals surface area (Å²) in [7, 11) is 1.90. The Bertz CT molecular complexity index is 673. The normalized spacial score (nSPS) is 14.0. The maximum atomic E-state index is 12.5. The molecule has 4 nitrogen and oxygen atoms in total. The van der Waals surface area contributed by atoms with Crippen LogP contribution in [0.3, 0.4) is 0 Å². The molecule has 0 spiro atoms. The van der Waals surface area contributed by atoms with E-state index in [4.69, 9.17) is 0 Å². The molecule has 0 bridgehead atoms. The summed E-state index contributed by atoms with van der Waals surface area (Å²) in [6.45, 7) is 3.96. The zero-order chi connectivity index (χ0) is 14.8. The van der Waals surface area contributed by atoms with Gasteiger partial charge >= 0.3 is 0 Å². The number of aromatic nitrogens is 2. The molecule has 0 saturated carbocycles. The molecule has 21 heavy (non-hydrogen) atoms. The van der Waals surface area contributed by atoms with Gasteiger partial charge in [0.05, 0.1) is 12.1 Å². The first-order chi connectivity index (χ1) is 10.2. The second kappa shape index (κ2) is 5.82. The minimum Gasteiger partial charge on any atom is -0.312 e. The molecule has 0 fully saturated rings. The number of carbonyl (C=O) groups is 1. The van der Waals surface area contributed by atoms with E-state index in [0.29, 0.717) is 6.42 Å². The van der Waals surface area contributed by atoms with E-state index in [-0.39, 0.29) is 5.78 Å². The third kappa shape index (κ3) is 2.90. The lowest BCUT2D eigenvalue weighted by atomic mass is 9.96. The van der Waals surface area contributed by atoms with Crippen molar-refractivity contribution in [3.8, 4) is 0 Å². The van der Waals surface area contributed by atoms with Crippen molar-refractivity contribution in [2.45, 2.75) is 32.7 Å². The lowest BCUT2D eigenvalue weighted by Crippen LogP contribution is -2.24. The van der Waals surface area contributed by atoms with Crippen LogP contribution in [0.15, 0.2) is 24.3 Å². The number of rotatable bonds is 4. The lowest BCUT2D eigenvalue weighted by molar-refractivity contribution is 0.0990. The summed E-state index contributed by atoms with van der Waals surface area (Å²) in [4.78, 5) is 12.5. The SMILES string of the molecule is CCc1cc(CC(=O)c2ccc3c(c2)CNCC3)n(C)n1. The summed E-state index contributed by atoms with van der Waals surface area (Å²) < 4.78 is 1.82. The molecule has 3 rings (SSSR count). The zero-order valence-electron chi connectivity index (χ0n) is 12.6. The zero-order valence-corrected chi connectivity index (χ0v) is 12.6. The molecular formula is C17H21N3O. The molecule has 1 aliphatic heterocycles. The molecule has 1 aromatic heterocycles. The van der Waals surface area contributed by atoms with Crippen LogP contribution >= 0.6 is 0 Å². The Morgan fingerprint density at radius 1 is 1.33 bits per heavy atom. The van der Waals surface area contributed by atoms with Gasteiger partial charge in [0, 0.05) is 24.8 Å². The Balaban J connectivity index is 1.80. The van der Waals surface area contributed by atoms with Crippen LogP contribution < -0.4 is 5.32 Å². The first-order valence-corrected chi connectivity index (χ1v) is 7.55. The molecule has 0 radical (unpaired) electrons. The minimum atomic E-state index is 0.161. The molecule has 0 amide bonds. The average molecular weight is 283 g/mol. The Kier molecular flexibility index (Phi) is 3.88. The number of nitrogens with one attached hydrogen (secondary N) is 1. The molecule has 0 unspecified atom stereocenters. The predicted molar refractivity (Wildman–Crippen MR) is 82.5 cm³/mol. The third-order valence-electron chi connectivity index (χ3n) is 4.15. The van der Waals surface area contributed by atoms with Crippen LogP contribution in [0, 0.1) is 0 Å². The predicted octanol–water partition coefficient (Wildman–Crippen LogP) is 2.05. The van der Waals surface area contributed by atoms with Crippen molar-refractivity contribution in [1.82, 2.24) is 15.1 Å². The average Bonchev–Trinajstić information content (AvgIpc) is 2.87. The molecule has 4 heteroatoms. The van der Waals surface area contributed by atoms with Gasteiger partial charge in [0.2, 0.25) is 0 Å². The fourth-order valence-electron chi connectivity index (χ4n) is 2.83. The number of fused-ring (bicyclic) bond motifs is 1. The molecule has 110 valence electrons. The molecule has 0 aliphatic carbocycles. The van der Waals surface area contributed by atoms with Gasteiger partial charge in [-0.3, -0.25) is 9.48 Å². The van der Waals surface area contributed by atoms with E-state index >= 15 is 0 Å². The van der Waals surface area contributed by atoms with E-state index in [1.54, 1.807) is 0 Å². The summed E-state index contributed by atoms with van der Waals surface area (Å²) in [5.74, 6) is 0.161. The molecule has 1 N–H and O–H groups in total. The summed E-state index contributed by atoms with van der Waals surface area (Å²) in [6, 6.07) is 8.13. The van der Waals surface area contributed by atoms with E-state index in [2.05, 4.69) is 23.4 Å². The number of aryl methyl sites for hydroxylation is 2. The Labute approximate surface area is 125 Å². The number of Topliss-reactive ketones (excluding diaryl/α,β-unsaturated/α-hetero) is 1. The minimum absolute atomic E-state index is 0.161. The molecule has 2 heterocycles. The number of carbonyl (C=O) groups excluding carboxylic acids is 1. The summed E-state index contributed by atoms with van der Waals surface area (Å²) in [6.07, 6.45) is 2.35. The summed E-state index contributed by atoms with van der Waals surface area (Å²) >= 11 is 0. The van der Waals surface area contributed by atoms with Crippen LogP contribution in [0.4, 0.5) is 0 Å². The smallest absolute Gasteiger partial charge is 0.168 e. The number of ketones is 1. The lowest BCUT2D eigenvalue weighted by Gasteiger charge is -2.17. The van der Waals surface area contributed by atoms with Gasteiger partial charge in [-0.15, -0.1) is 0 Å². The third-order valence-corrected chi connectivity index (χ3v) is 4.15. The maximum absolute atomic E-state index is 12.5. The van der Waals surface area contributed by atoms with Gasteiger partial charge in [0.1, 0.15) is 0 Å². The van der Waals surface area contributed by atoms with Crippen molar-refractivity contribution < 1.29 is 4.79 Å². The number of nitrogens with zero attached hydrogens (tertiary/aromatic N) is 2. The Hall–Kier alpha value is -1.94. The summed E-state index contributed by atoms with van der Waals surface area (Å²) in [5.41, 5.74) is 5.43. The highest BCUT2D eigenvalue weighted by molar-refractivity contribution is 5.97. The Morgan fingerprint density at radius 3 is 2.95 bits per heavy atom. The molecule has 0 atom stereocenters. The largest absolute Gasteiger partial charge is 0.312 e. The van der Waals surface area contributed by atoms with Crippen LogP contribution in [0.2, 0.25) is 0 Å². The van der Waals surface area contributed by atoms with E-state index < -0.39 is 0 Å². The van der Waals surface area contributed by atoms with Crippen LogP contribution in [-0.2, 0) is 32.9 Å². The maximum Gasteiger partial charge on any atom is 0.168 e. The second-order valence-electron chi connectivity index (χ2n) is 5.61. The highest BCUT2D eigenvalue weighted by Gasteiger charge is 2.14. The van der Waals surface area contributed by atoms with E-state index in [0.717, 1.165) is 42.9 Å². The Morgan fingerprint density at radius 2 is 2.19 bits per heavy atom. The van der Waals surface area contributed by atoms with Gasteiger partial charge in [0.25, 0.3) is 0 Å². The molecule has 0 saturated heterocycles. The van der Waals surface area contributed by atoms with Crippen LogP contribution in [0.1, 0.15) is 39.8 Å². The number of benzene rings is 1. The fourth-order valence-corrected chi connectivity index (χ4v) is 2.83. The van der Waals surface area contributed by atoms with E-state index in [1.165, 1.54) is 11.1 Å². The first kappa shape index (κ1) is 14.0. The van der Waals surface area contributed by atoms with Gasteiger partial charge in [0.15, 0.2) is 5.78 Å². The van der Waals surface area contributed by atoms with Crippen molar-refractivity contribution in [2.75, 3.05) is 6.54 Å². The number of hydrogen-bond donors (Lipinski definition) is 1. The van der Waals surface area contributed by atoms with Gasteiger partial charge in [-0.2, -0.15) is 5.10 Å². The van der Waals surface area contributed by atoms with Crippen molar-refractivity contribution >= 4 is 5.78 Å². The van der Waals surface area contributed by atoms with E-state index in [9.17, 15) is 4.79 Å². The van der Waals surface area contributed by atoms with Crippen molar-refractivity contribution in [3.63, 3.8) is 0 Å². The highest BCUT2D eigenvalue weighted by atomic mass is 16.1. The van der Waals surface area contributed by atoms with Gasteiger partial charge in [-0.05, 0) is 42.6 Å². The number of hydrogen-bond acceptors (Lipinski definition) is 3. The van der Waals surface area contributed by atoms with Crippen LogP contribution in [-0.4, -0.2) is 22.1 Å². The van der Waals surface area contributed by atoms with Crippen LogP contribution in [0.5, 0.6) is 0 Å². The van der Waals surface area contributed by atoms with Gasteiger partial charge < -0.3 is 5.32 Å². The molecule has 2 aromatic rings. The van der Waals surface area contributed by atoms with E-state index in [1.807, 2.05) is 29.9 Å². The fraction of sp³-hybridized carbons (Fsp3) is 0.412. The van der Waals surface area contributed by atoms with Crippen LogP contribution in [0.25, 0.3) is 0 Å². The second-order valence-corrected chi connectivity index (χ2v) is 5.61. The quantitative estimate of drug-likeness (QED) is 0.874. The van der Waals surface area contributed by atoms with Gasteiger partial charge in [-0.25, -0.2) is 0 Å². The van der Waals surface area contributed by atoms with Crippen molar-refractivity contribution in [2.24, 2.45) is 7.05 Å². The first-order valence-electron chi connectivity index (χ1n) is 7.55. The standard InChI is InChI=1S/C17H21N3O/c1-3-15-9-16(20(2)19-15)10-17(21)13-5-4-12-6-7-18-11-14(12)8-13/h4-5,8-9,18H,3,6-7,10-11H2,1-2H3. The summed E-state index contributed by atoms with van der Waals surface area (Å²) in [5, 5.41) is 7.75.